The summed E-state index contributed by atoms with van der Waals surface area (Å²) in [7, 11) is 0. The first-order chi connectivity index (χ1) is 15.4. The van der Waals surface area contributed by atoms with Crippen LogP contribution in [0.15, 0.2) is 53.3 Å². The minimum absolute atomic E-state index is 0.110. The van der Waals surface area contributed by atoms with Crippen LogP contribution >= 0.6 is 0 Å². The van der Waals surface area contributed by atoms with Gasteiger partial charge in [0, 0.05) is 5.56 Å². The number of halogens is 1. The van der Waals surface area contributed by atoms with Gasteiger partial charge in [0.05, 0.1) is 18.7 Å². The van der Waals surface area contributed by atoms with Crippen LogP contribution in [-0.4, -0.2) is 22.1 Å². The lowest BCUT2D eigenvalue weighted by atomic mass is 9.97. The van der Waals surface area contributed by atoms with Gasteiger partial charge in [0.2, 0.25) is 5.88 Å². The van der Waals surface area contributed by atoms with E-state index in [1.54, 1.807) is 24.3 Å². The second kappa shape index (κ2) is 9.92. The summed E-state index contributed by atoms with van der Waals surface area (Å²) in [6.07, 6.45) is 1.92. The molecule has 0 bridgehead atoms. The second-order valence-corrected chi connectivity index (χ2v) is 7.38. The summed E-state index contributed by atoms with van der Waals surface area (Å²) in [5, 5.41) is 20.4. The van der Waals surface area contributed by atoms with Crippen molar-refractivity contribution in [1.29, 1.82) is 5.26 Å². The van der Waals surface area contributed by atoms with Crippen LogP contribution in [0, 0.1) is 24.1 Å². The minimum Gasteiger partial charge on any atom is -0.494 e. The van der Waals surface area contributed by atoms with E-state index in [0.29, 0.717) is 17.9 Å². The number of ketones is 1. The molecule has 0 aliphatic rings. The Morgan fingerprint density at radius 2 is 1.81 bits per heavy atom. The van der Waals surface area contributed by atoms with Crippen molar-refractivity contribution < 1.29 is 19.0 Å². The average Bonchev–Trinajstić information content (AvgIpc) is 2.79. The maximum Gasteiger partial charge on any atom is 0.271 e. The van der Waals surface area contributed by atoms with Gasteiger partial charge in [0.25, 0.3) is 5.56 Å². The molecule has 0 saturated carbocycles. The number of pyridine rings is 1. The number of carbonyl (C=O) groups excluding carboxylic acids is 1. The number of ether oxygens (including phenoxy) is 1. The number of nitriles is 1. The summed E-state index contributed by atoms with van der Waals surface area (Å²) < 4.78 is 19.8. The van der Waals surface area contributed by atoms with E-state index in [0.717, 1.165) is 17.4 Å². The number of nitrogens with zero attached hydrogens (tertiary/aromatic N) is 2. The zero-order valence-corrected chi connectivity index (χ0v) is 17.9. The average molecular weight is 434 g/mol. The Kier molecular flexibility index (Phi) is 7.06. The number of aromatic hydroxyl groups is 1. The van der Waals surface area contributed by atoms with E-state index in [-0.39, 0.29) is 28.8 Å². The molecule has 0 amide bonds. The van der Waals surface area contributed by atoms with E-state index < -0.39 is 23.0 Å². The summed E-state index contributed by atoms with van der Waals surface area (Å²) in [6.45, 7) is 3.97. The molecule has 0 aliphatic carbocycles. The zero-order valence-electron chi connectivity index (χ0n) is 17.9. The summed E-state index contributed by atoms with van der Waals surface area (Å²) in [5.41, 5.74) is -0.150. The van der Waals surface area contributed by atoms with Crippen molar-refractivity contribution in [2.45, 2.75) is 33.2 Å². The maximum atomic E-state index is 13.2. The summed E-state index contributed by atoms with van der Waals surface area (Å²) in [6, 6.07) is 13.7. The molecule has 32 heavy (non-hydrogen) atoms. The Hall–Kier alpha value is -3.92. The number of hydrogen-bond donors (Lipinski definition) is 1. The van der Waals surface area contributed by atoms with Gasteiger partial charge in [-0.1, -0.05) is 25.5 Å². The highest BCUT2D eigenvalue weighted by Gasteiger charge is 2.25. The smallest absolute Gasteiger partial charge is 0.271 e. The van der Waals surface area contributed by atoms with Crippen LogP contribution in [0.2, 0.25) is 0 Å². The molecule has 1 N–H and O–H groups in total. The van der Waals surface area contributed by atoms with Gasteiger partial charge in [0.15, 0.2) is 5.78 Å². The van der Waals surface area contributed by atoms with Crippen molar-refractivity contribution in [2.75, 3.05) is 6.61 Å². The SMILES string of the molecule is CCCCOc1ccc(C(=O)c2c(C)c(C#N)c(=O)n(Cc3ccc(F)cc3)c2O)cc1. The highest BCUT2D eigenvalue weighted by atomic mass is 19.1. The van der Waals surface area contributed by atoms with Crippen LogP contribution in [0.3, 0.4) is 0 Å². The molecule has 0 unspecified atom stereocenters. The van der Waals surface area contributed by atoms with Crippen LogP contribution in [0.5, 0.6) is 11.6 Å². The predicted molar refractivity (Wildman–Crippen MR) is 118 cm³/mol. The summed E-state index contributed by atoms with van der Waals surface area (Å²) >= 11 is 0. The third kappa shape index (κ3) is 4.70. The number of benzene rings is 2. The number of unbranched alkanes of at least 4 members (excludes halogenated alkanes) is 1. The van der Waals surface area contributed by atoms with Crippen LogP contribution in [0.1, 0.15) is 52.4 Å². The van der Waals surface area contributed by atoms with E-state index >= 15 is 0 Å². The molecular weight excluding hydrogens is 411 g/mol. The predicted octanol–water partition coefficient (Wildman–Crippen LogP) is 4.33. The van der Waals surface area contributed by atoms with Gasteiger partial charge in [-0.05, 0) is 60.9 Å². The molecular formula is C25H23FN2O4. The number of hydrogen-bond acceptors (Lipinski definition) is 5. The summed E-state index contributed by atoms with van der Waals surface area (Å²) in [5.74, 6) is -0.881. The quantitative estimate of drug-likeness (QED) is 0.421. The molecule has 164 valence electrons. The molecule has 0 aliphatic heterocycles. The van der Waals surface area contributed by atoms with Gasteiger partial charge < -0.3 is 9.84 Å². The molecule has 3 aromatic rings. The first-order valence-corrected chi connectivity index (χ1v) is 10.3. The Labute approximate surface area is 185 Å². The second-order valence-electron chi connectivity index (χ2n) is 7.38. The Bertz CT molecular complexity index is 1220. The molecule has 1 aromatic heterocycles. The van der Waals surface area contributed by atoms with Crippen LogP contribution < -0.4 is 10.3 Å². The largest absolute Gasteiger partial charge is 0.494 e. The molecule has 0 fully saturated rings. The third-order valence-electron chi connectivity index (χ3n) is 5.16. The lowest BCUT2D eigenvalue weighted by Gasteiger charge is -2.16. The molecule has 0 saturated heterocycles. The van der Waals surface area contributed by atoms with Crippen molar-refractivity contribution in [1.82, 2.24) is 4.57 Å². The molecule has 0 spiro atoms. The standard InChI is InChI=1S/C25H23FN2O4/c1-3-4-13-32-20-11-7-18(8-12-20)23(29)22-16(2)21(14-27)24(30)28(25(22)31)15-17-5-9-19(26)10-6-17/h5-12,31H,3-4,13,15H2,1-2H3. The normalized spacial score (nSPS) is 10.6. The van der Waals surface area contributed by atoms with Gasteiger partial charge in [0.1, 0.15) is 23.2 Å². The van der Waals surface area contributed by atoms with Crippen molar-refractivity contribution >= 4 is 5.78 Å². The lowest BCUT2D eigenvalue weighted by Crippen LogP contribution is -2.27. The van der Waals surface area contributed by atoms with Crippen molar-refractivity contribution in [3.8, 4) is 17.7 Å². The van der Waals surface area contributed by atoms with Gasteiger partial charge in [-0.3, -0.25) is 14.2 Å². The fraction of sp³-hybridized carbons (Fsp3) is 0.240. The van der Waals surface area contributed by atoms with Crippen molar-refractivity contribution in [3.63, 3.8) is 0 Å². The van der Waals surface area contributed by atoms with E-state index in [4.69, 9.17) is 4.74 Å². The summed E-state index contributed by atoms with van der Waals surface area (Å²) in [4.78, 5) is 26.0. The molecule has 3 rings (SSSR count). The van der Waals surface area contributed by atoms with E-state index in [9.17, 15) is 24.3 Å². The number of aromatic nitrogens is 1. The van der Waals surface area contributed by atoms with E-state index in [1.807, 2.05) is 6.07 Å². The fourth-order valence-electron chi connectivity index (χ4n) is 3.32. The Morgan fingerprint density at radius 3 is 2.41 bits per heavy atom. The first kappa shape index (κ1) is 22.8. The van der Waals surface area contributed by atoms with Crippen LogP contribution in [0.4, 0.5) is 4.39 Å². The van der Waals surface area contributed by atoms with Gasteiger partial charge >= 0.3 is 0 Å². The minimum atomic E-state index is -0.719. The molecule has 0 atom stereocenters. The van der Waals surface area contributed by atoms with Gasteiger partial charge in [-0.2, -0.15) is 5.26 Å². The molecule has 6 nitrogen and oxygen atoms in total. The molecule has 0 radical (unpaired) electrons. The monoisotopic (exact) mass is 434 g/mol. The third-order valence-corrected chi connectivity index (χ3v) is 5.16. The maximum absolute atomic E-state index is 13.2. The topological polar surface area (TPSA) is 92.3 Å². The Morgan fingerprint density at radius 1 is 1.16 bits per heavy atom. The zero-order chi connectivity index (χ0) is 23.3. The molecule has 2 aromatic carbocycles. The Balaban J connectivity index is 2.02. The van der Waals surface area contributed by atoms with Gasteiger partial charge in [-0.25, -0.2) is 4.39 Å². The number of carbonyl (C=O) groups is 1. The van der Waals surface area contributed by atoms with Crippen molar-refractivity contribution in [3.05, 3.63) is 92.5 Å². The molecule has 7 heteroatoms. The lowest BCUT2D eigenvalue weighted by molar-refractivity contribution is 0.103. The first-order valence-electron chi connectivity index (χ1n) is 10.3. The van der Waals surface area contributed by atoms with Crippen molar-refractivity contribution in [2.24, 2.45) is 0 Å². The molecule has 1 heterocycles. The number of rotatable bonds is 8. The van der Waals surface area contributed by atoms with E-state index in [1.165, 1.54) is 31.2 Å². The van der Waals surface area contributed by atoms with Gasteiger partial charge in [-0.15, -0.1) is 0 Å². The van der Waals surface area contributed by atoms with E-state index in [2.05, 4.69) is 6.92 Å². The highest BCUT2D eigenvalue weighted by Crippen LogP contribution is 2.26. The fourth-order valence-corrected chi connectivity index (χ4v) is 3.32. The highest BCUT2D eigenvalue weighted by molar-refractivity contribution is 6.11. The van der Waals surface area contributed by atoms with Crippen LogP contribution in [0.25, 0.3) is 0 Å². The van der Waals surface area contributed by atoms with Crippen LogP contribution in [-0.2, 0) is 6.54 Å².